The lowest BCUT2D eigenvalue weighted by atomic mass is 9.82. The zero-order chi connectivity index (χ0) is 9.76. The molecule has 5 unspecified atom stereocenters. The number of ether oxygens (including phenoxy) is 1. The average Bonchev–Trinajstić information content (AvgIpc) is 2.72. The zero-order valence-corrected chi connectivity index (χ0v) is 9.25. The molecule has 3 fully saturated rings. The predicted molar refractivity (Wildman–Crippen MR) is 56.2 cm³/mol. The first-order chi connectivity index (χ1) is 6.70. The normalized spacial score (nSPS) is 57.0. The van der Waals surface area contributed by atoms with Gasteiger partial charge in [-0.1, -0.05) is 0 Å². The van der Waals surface area contributed by atoms with Crippen molar-refractivity contribution in [2.75, 3.05) is 6.54 Å². The van der Waals surface area contributed by atoms with Crippen LogP contribution in [0.1, 0.15) is 39.5 Å². The molecule has 2 aliphatic carbocycles. The Morgan fingerprint density at radius 3 is 2.71 bits per heavy atom. The summed E-state index contributed by atoms with van der Waals surface area (Å²) in [6.07, 6.45) is 6.01. The van der Waals surface area contributed by atoms with Gasteiger partial charge in [-0.3, -0.25) is 0 Å². The third-order valence-corrected chi connectivity index (χ3v) is 4.77. The number of rotatable bonds is 0. The van der Waals surface area contributed by atoms with Crippen LogP contribution in [0.5, 0.6) is 0 Å². The van der Waals surface area contributed by atoms with Crippen LogP contribution in [-0.4, -0.2) is 24.3 Å². The van der Waals surface area contributed by atoms with Crippen LogP contribution in [0.3, 0.4) is 0 Å². The predicted octanol–water partition coefficient (Wildman–Crippen LogP) is 1.94. The molecule has 0 aromatic carbocycles. The van der Waals surface area contributed by atoms with E-state index in [2.05, 4.69) is 19.2 Å². The highest BCUT2D eigenvalue weighted by Crippen LogP contribution is 2.53. The molecule has 2 heteroatoms. The molecule has 2 nitrogen and oxygen atoms in total. The Kier molecular flexibility index (Phi) is 1.94. The van der Waals surface area contributed by atoms with Gasteiger partial charge >= 0.3 is 0 Å². The molecule has 2 bridgehead atoms. The monoisotopic (exact) mass is 195 g/mol. The molecule has 3 rings (SSSR count). The summed E-state index contributed by atoms with van der Waals surface area (Å²) < 4.78 is 6.32. The summed E-state index contributed by atoms with van der Waals surface area (Å²) in [4.78, 5) is 0. The second-order valence-corrected chi connectivity index (χ2v) is 5.64. The van der Waals surface area contributed by atoms with Gasteiger partial charge in [-0.25, -0.2) is 0 Å². The maximum Gasteiger partial charge on any atom is 0.0841 e. The van der Waals surface area contributed by atoms with Gasteiger partial charge in [-0.15, -0.1) is 0 Å². The maximum atomic E-state index is 6.32. The van der Waals surface area contributed by atoms with Crippen LogP contribution in [0.15, 0.2) is 0 Å². The van der Waals surface area contributed by atoms with Crippen molar-refractivity contribution in [3.05, 3.63) is 0 Å². The molecule has 2 saturated carbocycles. The Morgan fingerprint density at radius 1 is 1.29 bits per heavy atom. The Balaban J connectivity index is 1.78. The first-order valence-corrected chi connectivity index (χ1v) is 6.11. The van der Waals surface area contributed by atoms with Crippen molar-refractivity contribution >= 4 is 0 Å². The number of morpholine rings is 1. The van der Waals surface area contributed by atoms with E-state index in [4.69, 9.17) is 4.74 Å². The van der Waals surface area contributed by atoms with Gasteiger partial charge in [0.1, 0.15) is 0 Å². The van der Waals surface area contributed by atoms with Crippen LogP contribution < -0.4 is 5.32 Å². The summed E-state index contributed by atoms with van der Waals surface area (Å²) in [6, 6.07) is 0.528. The highest BCUT2D eigenvalue weighted by Gasteiger charge is 2.54. The number of hydrogen-bond donors (Lipinski definition) is 1. The summed E-state index contributed by atoms with van der Waals surface area (Å²) in [5.41, 5.74) is 0.231. The van der Waals surface area contributed by atoms with Crippen LogP contribution in [0.2, 0.25) is 0 Å². The second-order valence-electron chi connectivity index (χ2n) is 5.64. The third kappa shape index (κ3) is 1.17. The van der Waals surface area contributed by atoms with Crippen molar-refractivity contribution in [1.29, 1.82) is 0 Å². The quantitative estimate of drug-likeness (QED) is 0.638. The number of nitrogens with one attached hydrogen (secondary N) is 1. The van der Waals surface area contributed by atoms with E-state index in [0.29, 0.717) is 12.1 Å². The highest BCUT2D eigenvalue weighted by molar-refractivity contribution is 5.06. The van der Waals surface area contributed by atoms with Crippen LogP contribution in [0.25, 0.3) is 0 Å². The van der Waals surface area contributed by atoms with E-state index < -0.39 is 0 Å². The van der Waals surface area contributed by atoms with E-state index in [1.165, 1.54) is 25.7 Å². The molecule has 1 aliphatic heterocycles. The SMILES string of the molecule is CC1NCC2(CC3CCC2C3)OC1C. The van der Waals surface area contributed by atoms with Crippen LogP contribution in [-0.2, 0) is 4.74 Å². The smallest absolute Gasteiger partial charge is 0.0841 e. The van der Waals surface area contributed by atoms with E-state index in [1.54, 1.807) is 0 Å². The van der Waals surface area contributed by atoms with E-state index >= 15 is 0 Å². The van der Waals surface area contributed by atoms with Crippen molar-refractivity contribution in [2.24, 2.45) is 11.8 Å². The largest absolute Gasteiger partial charge is 0.369 e. The molecule has 14 heavy (non-hydrogen) atoms. The minimum atomic E-state index is 0.231. The Morgan fingerprint density at radius 2 is 2.14 bits per heavy atom. The van der Waals surface area contributed by atoms with Crippen molar-refractivity contribution in [1.82, 2.24) is 5.32 Å². The van der Waals surface area contributed by atoms with E-state index in [1.807, 2.05) is 0 Å². The summed E-state index contributed by atoms with van der Waals surface area (Å²) in [7, 11) is 0. The van der Waals surface area contributed by atoms with Gasteiger partial charge in [0.15, 0.2) is 0 Å². The maximum absolute atomic E-state index is 6.32. The molecule has 3 aliphatic rings. The fourth-order valence-corrected chi connectivity index (χ4v) is 3.77. The summed E-state index contributed by atoms with van der Waals surface area (Å²) in [5.74, 6) is 1.83. The van der Waals surface area contributed by atoms with Crippen molar-refractivity contribution < 1.29 is 4.74 Å². The molecule has 0 aromatic rings. The lowest BCUT2D eigenvalue weighted by Gasteiger charge is -2.46. The molecule has 5 atom stereocenters. The fourth-order valence-electron chi connectivity index (χ4n) is 3.77. The molecule has 0 radical (unpaired) electrons. The molecular weight excluding hydrogens is 174 g/mol. The molecule has 1 N–H and O–H groups in total. The minimum Gasteiger partial charge on any atom is -0.369 e. The number of hydrogen-bond acceptors (Lipinski definition) is 2. The molecule has 0 amide bonds. The van der Waals surface area contributed by atoms with Gasteiger partial charge in [-0.05, 0) is 51.4 Å². The topological polar surface area (TPSA) is 21.3 Å². The van der Waals surface area contributed by atoms with Crippen molar-refractivity contribution in [2.45, 2.75) is 57.3 Å². The van der Waals surface area contributed by atoms with Gasteiger partial charge in [-0.2, -0.15) is 0 Å². The Hall–Kier alpha value is -0.0800. The van der Waals surface area contributed by atoms with Gasteiger partial charge in [0, 0.05) is 12.6 Å². The summed E-state index contributed by atoms with van der Waals surface area (Å²) in [6.45, 7) is 5.54. The molecule has 80 valence electrons. The highest BCUT2D eigenvalue weighted by atomic mass is 16.5. The Bertz CT molecular complexity index is 242. The number of fused-ring (bicyclic) bond motifs is 3. The molecule has 1 spiro atoms. The minimum absolute atomic E-state index is 0.231. The lowest BCUT2D eigenvalue weighted by molar-refractivity contribution is -0.151. The van der Waals surface area contributed by atoms with Crippen LogP contribution >= 0.6 is 0 Å². The fraction of sp³-hybridized carbons (Fsp3) is 1.00. The molecular formula is C12H21NO. The van der Waals surface area contributed by atoms with Crippen molar-refractivity contribution in [3.8, 4) is 0 Å². The molecule has 0 aromatic heterocycles. The van der Waals surface area contributed by atoms with E-state index in [9.17, 15) is 0 Å². The Labute approximate surface area is 86.4 Å². The van der Waals surface area contributed by atoms with Gasteiger partial charge in [0.05, 0.1) is 11.7 Å². The van der Waals surface area contributed by atoms with E-state index in [0.717, 1.165) is 18.4 Å². The molecule has 1 heterocycles. The van der Waals surface area contributed by atoms with E-state index in [-0.39, 0.29) is 5.60 Å². The first-order valence-electron chi connectivity index (χ1n) is 6.11. The lowest BCUT2D eigenvalue weighted by Crippen LogP contribution is -2.59. The molecule has 1 saturated heterocycles. The summed E-state index contributed by atoms with van der Waals surface area (Å²) in [5, 5.41) is 3.62. The van der Waals surface area contributed by atoms with Gasteiger partial charge in [0.25, 0.3) is 0 Å². The van der Waals surface area contributed by atoms with Crippen molar-refractivity contribution in [3.63, 3.8) is 0 Å². The van der Waals surface area contributed by atoms with Crippen LogP contribution in [0.4, 0.5) is 0 Å². The van der Waals surface area contributed by atoms with Crippen LogP contribution in [0, 0.1) is 11.8 Å². The third-order valence-electron chi connectivity index (χ3n) is 4.77. The first kappa shape index (κ1) is 9.17. The average molecular weight is 195 g/mol. The van der Waals surface area contributed by atoms with Gasteiger partial charge in [0.2, 0.25) is 0 Å². The standard InChI is InChI=1S/C12H21NO/c1-8-9(2)14-12(7-13-8)6-10-3-4-11(12)5-10/h8-11,13H,3-7H2,1-2H3. The second kappa shape index (κ2) is 2.96. The zero-order valence-electron chi connectivity index (χ0n) is 9.25. The summed E-state index contributed by atoms with van der Waals surface area (Å²) >= 11 is 0. The van der Waals surface area contributed by atoms with Gasteiger partial charge < -0.3 is 10.1 Å².